The average molecular weight is 269 g/mol. The van der Waals surface area contributed by atoms with Gasteiger partial charge in [0, 0.05) is 17.7 Å². The van der Waals surface area contributed by atoms with Gasteiger partial charge in [-0.3, -0.25) is 4.79 Å². The maximum atomic E-state index is 12.2. The molecular formula is C16H15NO3. The van der Waals surface area contributed by atoms with E-state index in [-0.39, 0.29) is 12.5 Å². The first-order valence-electron chi connectivity index (χ1n) is 6.53. The van der Waals surface area contributed by atoms with Crippen LogP contribution < -0.4 is 10.1 Å². The second-order valence-corrected chi connectivity index (χ2v) is 4.73. The molecule has 0 atom stereocenters. The Morgan fingerprint density at radius 1 is 1.20 bits per heavy atom. The third-order valence-electron chi connectivity index (χ3n) is 3.35. The predicted molar refractivity (Wildman–Crippen MR) is 76.0 cm³/mol. The smallest absolute Gasteiger partial charge is 0.255 e. The Hall–Kier alpha value is -2.33. The van der Waals surface area contributed by atoms with Crippen LogP contribution in [-0.2, 0) is 13.0 Å². The average Bonchev–Trinajstić information content (AvgIpc) is 2.95. The number of carbonyl (C=O) groups is 1. The lowest BCUT2D eigenvalue weighted by Crippen LogP contribution is -2.12. The molecule has 1 aliphatic rings. The largest absolute Gasteiger partial charge is 0.493 e. The number of anilines is 1. The molecule has 0 saturated carbocycles. The molecule has 1 aliphatic heterocycles. The molecule has 20 heavy (non-hydrogen) atoms. The lowest BCUT2D eigenvalue weighted by molar-refractivity contribution is 0.102. The number of rotatable bonds is 3. The van der Waals surface area contributed by atoms with Crippen molar-refractivity contribution in [2.45, 2.75) is 13.0 Å². The molecule has 1 heterocycles. The lowest BCUT2D eigenvalue weighted by Gasteiger charge is -2.07. The number of carbonyl (C=O) groups excluding carboxylic acids is 1. The second kappa shape index (κ2) is 5.35. The number of fused-ring (bicyclic) bond motifs is 1. The van der Waals surface area contributed by atoms with Crippen LogP contribution in [-0.4, -0.2) is 17.6 Å². The number of aliphatic hydroxyl groups is 1. The van der Waals surface area contributed by atoms with Gasteiger partial charge in [0.15, 0.2) is 0 Å². The van der Waals surface area contributed by atoms with E-state index in [1.807, 2.05) is 12.1 Å². The summed E-state index contributed by atoms with van der Waals surface area (Å²) in [5.74, 6) is 0.727. The number of aliphatic hydroxyl groups excluding tert-OH is 1. The number of amides is 1. The van der Waals surface area contributed by atoms with Gasteiger partial charge in [-0.25, -0.2) is 0 Å². The highest BCUT2D eigenvalue weighted by Crippen LogP contribution is 2.26. The summed E-state index contributed by atoms with van der Waals surface area (Å²) in [7, 11) is 0. The summed E-state index contributed by atoms with van der Waals surface area (Å²) in [6.07, 6.45) is 0.849. The molecule has 0 saturated heterocycles. The van der Waals surface area contributed by atoms with Crippen LogP contribution in [0.2, 0.25) is 0 Å². The van der Waals surface area contributed by atoms with E-state index in [0.717, 1.165) is 23.3 Å². The van der Waals surface area contributed by atoms with E-state index in [1.165, 1.54) is 0 Å². The number of ether oxygens (including phenoxy) is 1. The fourth-order valence-corrected chi connectivity index (χ4v) is 2.22. The van der Waals surface area contributed by atoms with E-state index >= 15 is 0 Å². The van der Waals surface area contributed by atoms with Crippen molar-refractivity contribution in [3.05, 3.63) is 59.2 Å². The normalized spacial score (nSPS) is 12.7. The molecule has 0 radical (unpaired) electrons. The zero-order chi connectivity index (χ0) is 13.9. The van der Waals surface area contributed by atoms with E-state index in [9.17, 15) is 4.79 Å². The number of hydrogen-bond donors (Lipinski definition) is 2. The van der Waals surface area contributed by atoms with Crippen LogP contribution in [0.3, 0.4) is 0 Å². The highest BCUT2D eigenvalue weighted by atomic mass is 16.5. The lowest BCUT2D eigenvalue weighted by atomic mass is 10.1. The summed E-state index contributed by atoms with van der Waals surface area (Å²) in [5, 5.41) is 11.8. The van der Waals surface area contributed by atoms with Gasteiger partial charge >= 0.3 is 0 Å². The maximum absolute atomic E-state index is 12.2. The molecule has 4 heteroatoms. The van der Waals surface area contributed by atoms with Gasteiger partial charge in [-0.15, -0.1) is 0 Å². The minimum atomic E-state index is -0.142. The van der Waals surface area contributed by atoms with Gasteiger partial charge in [0.1, 0.15) is 5.75 Å². The molecule has 0 fully saturated rings. The Bertz CT molecular complexity index is 635. The fraction of sp³-hybridized carbons (Fsp3) is 0.188. The minimum absolute atomic E-state index is 0.000944. The van der Waals surface area contributed by atoms with Crippen molar-refractivity contribution in [2.24, 2.45) is 0 Å². The molecular weight excluding hydrogens is 254 g/mol. The molecule has 0 aromatic heterocycles. The third-order valence-corrected chi connectivity index (χ3v) is 3.35. The van der Waals surface area contributed by atoms with E-state index in [4.69, 9.17) is 9.84 Å². The highest BCUT2D eigenvalue weighted by Gasteiger charge is 2.15. The van der Waals surface area contributed by atoms with Gasteiger partial charge in [-0.05, 0) is 41.5 Å². The molecule has 2 aromatic carbocycles. The Morgan fingerprint density at radius 3 is 2.75 bits per heavy atom. The van der Waals surface area contributed by atoms with Crippen molar-refractivity contribution in [1.29, 1.82) is 0 Å². The third kappa shape index (κ3) is 2.51. The van der Waals surface area contributed by atoms with Crippen LogP contribution >= 0.6 is 0 Å². The number of benzene rings is 2. The summed E-state index contributed by atoms with van der Waals surface area (Å²) in [5.41, 5.74) is 3.23. The van der Waals surface area contributed by atoms with Gasteiger partial charge in [-0.1, -0.05) is 12.1 Å². The van der Waals surface area contributed by atoms with Gasteiger partial charge in [0.2, 0.25) is 0 Å². The maximum Gasteiger partial charge on any atom is 0.255 e. The fourth-order valence-electron chi connectivity index (χ4n) is 2.22. The van der Waals surface area contributed by atoms with E-state index in [0.29, 0.717) is 17.9 Å². The Labute approximate surface area is 117 Å². The van der Waals surface area contributed by atoms with Crippen LogP contribution in [0.25, 0.3) is 0 Å². The first kappa shape index (κ1) is 12.7. The summed E-state index contributed by atoms with van der Waals surface area (Å²) in [6, 6.07) is 12.6. The molecule has 2 aromatic rings. The predicted octanol–water partition coefficient (Wildman–Crippen LogP) is 2.37. The molecule has 0 aliphatic carbocycles. The molecule has 0 spiro atoms. The van der Waals surface area contributed by atoms with E-state index in [2.05, 4.69) is 5.32 Å². The molecule has 3 rings (SSSR count). The van der Waals surface area contributed by atoms with Crippen molar-refractivity contribution < 1.29 is 14.6 Å². The second-order valence-electron chi connectivity index (χ2n) is 4.73. The summed E-state index contributed by atoms with van der Waals surface area (Å²) in [4.78, 5) is 12.2. The molecule has 4 nitrogen and oxygen atoms in total. The molecule has 0 unspecified atom stereocenters. The summed E-state index contributed by atoms with van der Waals surface area (Å²) >= 11 is 0. The summed E-state index contributed by atoms with van der Waals surface area (Å²) < 4.78 is 5.42. The number of nitrogens with one attached hydrogen (secondary N) is 1. The van der Waals surface area contributed by atoms with Crippen molar-refractivity contribution >= 4 is 11.6 Å². The van der Waals surface area contributed by atoms with Crippen molar-refractivity contribution in [3.8, 4) is 5.75 Å². The molecule has 1 amide bonds. The van der Waals surface area contributed by atoms with Gasteiger partial charge < -0.3 is 15.2 Å². The zero-order valence-electron chi connectivity index (χ0n) is 10.9. The highest BCUT2D eigenvalue weighted by molar-refractivity contribution is 6.04. The summed E-state index contributed by atoms with van der Waals surface area (Å²) in [6.45, 7) is 0.683. The zero-order valence-corrected chi connectivity index (χ0v) is 10.9. The minimum Gasteiger partial charge on any atom is -0.493 e. The molecule has 102 valence electrons. The van der Waals surface area contributed by atoms with Crippen molar-refractivity contribution in [3.63, 3.8) is 0 Å². The monoisotopic (exact) mass is 269 g/mol. The van der Waals surface area contributed by atoms with Crippen LogP contribution in [0.4, 0.5) is 5.69 Å². The van der Waals surface area contributed by atoms with E-state index < -0.39 is 0 Å². The van der Waals surface area contributed by atoms with Crippen LogP contribution in [0, 0.1) is 0 Å². The topological polar surface area (TPSA) is 58.6 Å². The van der Waals surface area contributed by atoms with Crippen LogP contribution in [0.1, 0.15) is 21.5 Å². The van der Waals surface area contributed by atoms with Crippen LogP contribution in [0.5, 0.6) is 5.75 Å². The Balaban J connectivity index is 1.75. The number of hydrogen-bond acceptors (Lipinski definition) is 3. The quantitative estimate of drug-likeness (QED) is 0.899. The molecule has 2 N–H and O–H groups in total. The first-order valence-corrected chi connectivity index (χ1v) is 6.53. The van der Waals surface area contributed by atoms with Gasteiger partial charge in [0.25, 0.3) is 5.91 Å². The van der Waals surface area contributed by atoms with Gasteiger partial charge in [-0.2, -0.15) is 0 Å². The van der Waals surface area contributed by atoms with Gasteiger partial charge in [0.05, 0.1) is 13.2 Å². The first-order chi connectivity index (χ1) is 9.76. The van der Waals surface area contributed by atoms with Crippen LogP contribution in [0.15, 0.2) is 42.5 Å². The Morgan fingerprint density at radius 2 is 2.00 bits per heavy atom. The SMILES string of the molecule is O=C(Nc1ccc(CO)cc1)c1ccc2c(c1)CCO2. The standard InChI is InChI=1S/C16H15NO3/c18-10-11-1-4-14(5-2-11)17-16(19)13-3-6-15-12(9-13)7-8-20-15/h1-6,9,18H,7-8,10H2,(H,17,19). The van der Waals surface area contributed by atoms with E-state index in [1.54, 1.807) is 30.3 Å². The van der Waals surface area contributed by atoms with Crippen molar-refractivity contribution in [1.82, 2.24) is 0 Å². The Kier molecular flexibility index (Phi) is 3.39. The molecule has 0 bridgehead atoms. The van der Waals surface area contributed by atoms with Crippen molar-refractivity contribution in [2.75, 3.05) is 11.9 Å².